The molecule has 92 valence electrons. The largest absolute Gasteiger partial charge is 0.444 e. The van der Waals surface area contributed by atoms with Crippen LogP contribution >= 0.6 is 0 Å². The average Bonchev–Trinajstić information content (AvgIpc) is 2.48. The molecule has 1 aliphatic rings. The molecule has 0 bridgehead atoms. The highest BCUT2D eigenvalue weighted by Gasteiger charge is 2.24. The molecule has 2 atom stereocenters. The molecule has 0 heterocycles. The second-order valence-electron chi connectivity index (χ2n) is 5.78. The van der Waals surface area contributed by atoms with E-state index in [9.17, 15) is 4.79 Å². The van der Waals surface area contributed by atoms with Gasteiger partial charge in [-0.25, -0.2) is 4.79 Å². The van der Waals surface area contributed by atoms with Gasteiger partial charge in [-0.05, 0) is 39.0 Å². The van der Waals surface area contributed by atoms with Gasteiger partial charge in [0, 0.05) is 0 Å². The lowest BCUT2D eigenvalue weighted by molar-refractivity contribution is 0.0511. The molecule has 1 rings (SSSR count). The zero-order valence-corrected chi connectivity index (χ0v) is 10.9. The number of nitrogens with one attached hydrogen (secondary N) is 1. The predicted octanol–water partition coefficient (Wildman–Crippen LogP) is 3.11. The van der Waals surface area contributed by atoms with Gasteiger partial charge in [0.2, 0.25) is 0 Å². The molecule has 0 aromatic rings. The fourth-order valence-corrected chi connectivity index (χ4v) is 1.79. The Kier molecular flexibility index (Phi) is 4.00. The number of hydrogen-bond donors (Lipinski definition) is 1. The van der Waals surface area contributed by atoms with Gasteiger partial charge in [-0.1, -0.05) is 26.0 Å². The minimum Gasteiger partial charge on any atom is -0.444 e. The van der Waals surface area contributed by atoms with Crippen molar-refractivity contribution in [2.75, 3.05) is 0 Å². The minimum absolute atomic E-state index is 0.127. The van der Waals surface area contributed by atoms with Crippen molar-refractivity contribution in [3.63, 3.8) is 0 Å². The van der Waals surface area contributed by atoms with E-state index in [1.165, 1.54) is 0 Å². The number of alkyl carbamates (subject to hydrolysis) is 1. The van der Waals surface area contributed by atoms with Crippen LogP contribution in [0.3, 0.4) is 0 Å². The number of carbonyl (C=O) groups is 1. The van der Waals surface area contributed by atoms with Crippen LogP contribution in [0.25, 0.3) is 0 Å². The van der Waals surface area contributed by atoms with Gasteiger partial charge in [-0.2, -0.15) is 0 Å². The summed E-state index contributed by atoms with van der Waals surface area (Å²) in [7, 11) is 0. The fourth-order valence-electron chi connectivity index (χ4n) is 1.79. The Morgan fingerprint density at radius 1 is 1.38 bits per heavy atom. The quantitative estimate of drug-likeness (QED) is 0.733. The van der Waals surface area contributed by atoms with E-state index < -0.39 is 5.60 Å². The van der Waals surface area contributed by atoms with E-state index in [2.05, 4.69) is 31.3 Å². The monoisotopic (exact) mass is 225 g/mol. The SMILES string of the molecule is CC(C)[C@H]1C=C[C@@H](NC(=O)OC(C)(C)C)C1. The first-order valence-corrected chi connectivity index (χ1v) is 5.96. The molecule has 1 aliphatic carbocycles. The maximum absolute atomic E-state index is 11.5. The van der Waals surface area contributed by atoms with E-state index in [4.69, 9.17) is 4.74 Å². The standard InChI is InChI=1S/C13H23NO2/c1-9(2)10-6-7-11(8-10)14-12(15)16-13(3,4)5/h6-7,9-11H,8H2,1-5H3,(H,14,15)/t10-,11+/m0/s1. The summed E-state index contributed by atoms with van der Waals surface area (Å²) in [5.74, 6) is 1.20. The van der Waals surface area contributed by atoms with Crippen molar-refractivity contribution in [1.82, 2.24) is 5.32 Å². The smallest absolute Gasteiger partial charge is 0.408 e. The summed E-state index contributed by atoms with van der Waals surface area (Å²) in [6.07, 6.45) is 4.91. The second kappa shape index (κ2) is 4.89. The topological polar surface area (TPSA) is 38.3 Å². The van der Waals surface area contributed by atoms with Crippen molar-refractivity contribution >= 4 is 6.09 Å². The molecule has 3 heteroatoms. The van der Waals surface area contributed by atoms with Gasteiger partial charge in [0.25, 0.3) is 0 Å². The molecule has 1 amide bonds. The summed E-state index contributed by atoms with van der Waals surface area (Å²) < 4.78 is 5.21. The number of allylic oxidation sites excluding steroid dienone is 1. The molecule has 3 nitrogen and oxygen atoms in total. The van der Waals surface area contributed by atoms with Crippen molar-refractivity contribution in [1.29, 1.82) is 0 Å². The highest BCUT2D eigenvalue weighted by atomic mass is 16.6. The third-order valence-corrected chi connectivity index (χ3v) is 2.68. The molecule has 0 radical (unpaired) electrons. The maximum Gasteiger partial charge on any atom is 0.408 e. The molecular weight excluding hydrogens is 202 g/mol. The van der Waals surface area contributed by atoms with Crippen LogP contribution in [0.1, 0.15) is 41.0 Å². The van der Waals surface area contributed by atoms with E-state index in [-0.39, 0.29) is 12.1 Å². The van der Waals surface area contributed by atoms with Crippen molar-refractivity contribution < 1.29 is 9.53 Å². The van der Waals surface area contributed by atoms with Gasteiger partial charge in [0.1, 0.15) is 5.60 Å². The molecule has 1 N–H and O–H groups in total. The predicted molar refractivity (Wildman–Crippen MR) is 65.2 cm³/mol. The highest BCUT2D eigenvalue weighted by molar-refractivity contribution is 5.68. The van der Waals surface area contributed by atoms with Crippen molar-refractivity contribution in [3.05, 3.63) is 12.2 Å². The number of hydrogen-bond acceptors (Lipinski definition) is 2. The van der Waals surface area contributed by atoms with Crippen LogP contribution in [0.5, 0.6) is 0 Å². The minimum atomic E-state index is -0.427. The molecule has 0 fully saturated rings. The summed E-state index contributed by atoms with van der Waals surface area (Å²) >= 11 is 0. The second-order valence-corrected chi connectivity index (χ2v) is 5.78. The van der Waals surface area contributed by atoms with Crippen LogP contribution in [-0.2, 0) is 4.74 Å². The average molecular weight is 225 g/mol. The Hall–Kier alpha value is -0.990. The van der Waals surface area contributed by atoms with Gasteiger partial charge < -0.3 is 10.1 Å². The summed E-state index contributed by atoms with van der Waals surface area (Å²) in [6, 6.07) is 0.127. The zero-order valence-electron chi connectivity index (χ0n) is 10.9. The molecular formula is C13H23NO2. The fraction of sp³-hybridized carbons (Fsp3) is 0.769. The van der Waals surface area contributed by atoms with Crippen molar-refractivity contribution in [2.45, 2.75) is 52.7 Å². The molecule has 0 aliphatic heterocycles. The Morgan fingerprint density at radius 2 is 2.00 bits per heavy atom. The molecule has 0 saturated heterocycles. The van der Waals surface area contributed by atoms with Crippen LogP contribution in [-0.4, -0.2) is 17.7 Å². The number of carbonyl (C=O) groups excluding carboxylic acids is 1. The van der Waals surface area contributed by atoms with E-state index in [1.54, 1.807) is 0 Å². The number of rotatable bonds is 2. The summed E-state index contributed by atoms with van der Waals surface area (Å²) in [5.41, 5.74) is -0.427. The molecule has 16 heavy (non-hydrogen) atoms. The highest BCUT2D eigenvalue weighted by Crippen LogP contribution is 2.25. The van der Waals surface area contributed by atoms with E-state index in [1.807, 2.05) is 20.8 Å². The normalized spacial score (nSPS) is 24.9. The van der Waals surface area contributed by atoms with E-state index in [0.717, 1.165) is 6.42 Å². The Bertz CT molecular complexity index is 276. The van der Waals surface area contributed by atoms with E-state index in [0.29, 0.717) is 11.8 Å². The molecule has 0 unspecified atom stereocenters. The van der Waals surface area contributed by atoms with Crippen LogP contribution < -0.4 is 5.32 Å². The van der Waals surface area contributed by atoms with Gasteiger partial charge >= 0.3 is 6.09 Å². The molecule has 0 spiro atoms. The Balaban J connectivity index is 2.35. The van der Waals surface area contributed by atoms with Gasteiger partial charge in [0.05, 0.1) is 6.04 Å². The Morgan fingerprint density at radius 3 is 2.44 bits per heavy atom. The van der Waals surface area contributed by atoms with Crippen LogP contribution in [0.4, 0.5) is 4.79 Å². The summed E-state index contributed by atoms with van der Waals surface area (Å²) in [4.78, 5) is 11.5. The van der Waals surface area contributed by atoms with Gasteiger partial charge in [0.15, 0.2) is 0 Å². The lowest BCUT2D eigenvalue weighted by Crippen LogP contribution is -2.37. The van der Waals surface area contributed by atoms with Crippen LogP contribution in [0.2, 0.25) is 0 Å². The third kappa shape index (κ3) is 4.25. The third-order valence-electron chi connectivity index (χ3n) is 2.68. The van der Waals surface area contributed by atoms with Crippen molar-refractivity contribution in [2.24, 2.45) is 11.8 Å². The van der Waals surface area contributed by atoms with Gasteiger partial charge in [-0.15, -0.1) is 0 Å². The molecule has 0 aromatic carbocycles. The van der Waals surface area contributed by atoms with Crippen LogP contribution in [0, 0.1) is 11.8 Å². The lowest BCUT2D eigenvalue weighted by Gasteiger charge is -2.22. The number of amides is 1. The number of ether oxygens (including phenoxy) is 1. The molecule has 0 aromatic heterocycles. The Labute approximate surface area is 98.2 Å². The van der Waals surface area contributed by atoms with Crippen molar-refractivity contribution in [3.8, 4) is 0 Å². The first-order chi connectivity index (χ1) is 7.28. The van der Waals surface area contributed by atoms with E-state index >= 15 is 0 Å². The maximum atomic E-state index is 11.5. The first-order valence-electron chi connectivity index (χ1n) is 5.96. The summed E-state index contributed by atoms with van der Waals surface area (Å²) in [5, 5.41) is 2.87. The summed E-state index contributed by atoms with van der Waals surface area (Å²) in [6.45, 7) is 10.0. The first kappa shape index (κ1) is 13.1. The zero-order chi connectivity index (χ0) is 12.3. The van der Waals surface area contributed by atoms with Crippen LogP contribution in [0.15, 0.2) is 12.2 Å². The lowest BCUT2D eigenvalue weighted by atomic mass is 9.95. The molecule has 0 saturated carbocycles. The van der Waals surface area contributed by atoms with Gasteiger partial charge in [-0.3, -0.25) is 0 Å².